The minimum atomic E-state index is -0.696. The topological polar surface area (TPSA) is 90.9 Å². The van der Waals surface area contributed by atoms with Gasteiger partial charge in [-0.1, -0.05) is 43.6 Å². The maximum absolute atomic E-state index is 13.3. The second-order valence-corrected chi connectivity index (χ2v) is 9.23. The van der Waals surface area contributed by atoms with E-state index in [0.717, 1.165) is 5.70 Å². The van der Waals surface area contributed by atoms with Crippen LogP contribution in [-0.4, -0.2) is 44.1 Å². The van der Waals surface area contributed by atoms with Crippen LogP contribution in [-0.2, 0) is 28.6 Å². The van der Waals surface area contributed by atoms with Crippen LogP contribution in [0.2, 0.25) is 5.02 Å². The lowest BCUT2D eigenvalue weighted by Gasteiger charge is -2.40. The van der Waals surface area contributed by atoms with Gasteiger partial charge in [0.25, 0.3) is 0 Å². The lowest BCUT2D eigenvalue weighted by atomic mass is 9.68. The highest BCUT2D eigenvalue weighted by atomic mass is 35.5. The van der Waals surface area contributed by atoms with Crippen LogP contribution >= 0.6 is 11.6 Å². The van der Waals surface area contributed by atoms with Crippen molar-refractivity contribution in [2.24, 2.45) is 5.41 Å². The number of hydrogen-bond donors (Lipinski definition) is 1. The van der Waals surface area contributed by atoms with Gasteiger partial charge in [-0.25, -0.2) is 9.59 Å². The van der Waals surface area contributed by atoms with E-state index in [2.05, 4.69) is 5.32 Å². The standard InChI is InChI=1S/C25H30ClNO6/c1-5-32-20(29)14-31-13-18-23(24(30)33-6-2)21(15-9-7-8-10-16(15)26)22-17(27-18)11-25(3,4)12-19(22)28/h7-10,21,27H,5-6,11-14H2,1-4H3. The zero-order valence-corrected chi connectivity index (χ0v) is 20.2. The molecule has 1 N–H and O–H groups in total. The highest BCUT2D eigenvalue weighted by Crippen LogP contribution is 2.48. The molecule has 1 aromatic carbocycles. The van der Waals surface area contributed by atoms with Crippen molar-refractivity contribution in [3.63, 3.8) is 0 Å². The Labute approximate surface area is 199 Å². The van der Waals surface area contributed by atoms with E-state index in [9.17, 15) is 14.4 Å². The molecule has 0 fully saturated rings. The quantitative estimate of drug-likeness (QED) is 0.567. The minimum Gasteiger partial charge on any atom is -0.464 e. The first kappa shape index (κ1) is 25.0. The molecule has 0 aromatic heterocycles. The molecule has 0 amide bonds. The van der Waals surface area contributed by atoms with Crippen LogP contribution in [0.5, 0.6) is 0 Å². The van der Waals surface area contributed by atoms with E-state index < -0.39 is 17.9 Å². The number of carbonyl (C=O) groups excluding carboxylic acids is 3. The zero-order valence-electron chi connectivity index (χ0n) is 19.5. The van der Waals surface area contributed by atoms with E-state index in [1.165, 1.54) is 0 Å². The predicted octanol–water partition coefficient (Wildman–Crippen LogP) is 4.07. The van der Waals surface area contributed by atoms with Crippen LogP contribution in [0, 0.1) is 5.41 Å². The molecule has 0 bridgehead atoms. The number of esters is 2. The van der Waals surface area contributed by atoms with Gasteiger partial charge in [-0.2, -0.15) is 0 Å². The van der Waals surface area contributed by atoms with Crippen LogP contribution in [0.4, 0.5) is 0 Å². The molecule has 0 spiro atoms. The minimum absolute atomic E-state index is 0.0352. The number of carbonyl (C=O) groups is 3. The van der Waals surface area contributed by atoms with Crippen LogP contribution in [0.25, 0.3) is 0 Å². The summed E-state index contributed by atoms with van der Waals surface area (Å²) in [5.41, 5.74) is 2.38. The van der Waals surface area contributed by atoms with Gasteiger partial charge in [0.15, 0.2) is 5.78 Å². The molecule has 33 heavy (non-hydrogen) atoms. The second-order valence-electron chi connectivity index (χ2n) is 8.82. The van der Waals surface area contributed by atoms with Gasteiger partial charge in [-0.15, -0.1) is 0 Å². The van der Waals surface area contributed by atoms with Crippen molar-refractivity contribution in [3.8, 4) is 0 Å². The number of halogens is 1. The smallest absolute Gasteiger partial charge is 0.336 e. The molecule has 0 saturated heterocycles. The molecular formula is C25H30ClNO6. The number of ether oxygens (including phenoxy) is 3. The molecule has 1 heterocycles. The highest BCUT2D eigenvalue weighted by molar-refractivity contribution is 6.31. The average molecular weight is 476 g/mol. The summed E-state index contributed by atoms with van der Waals surface area (Å²) in [5.74, 6) is -1.79. The fourth-order valence-corrected chi connectivity index (χ4v) is 4.62. The van der Waals surface area contributed by atoms with E-state index in [1.54, 1.807) is 26.0 Å². The maximum atomic E-state index is 13.3. The second kappa shape index (κ2) is 10.5. The van der Waals surface area contributed by atoms with E-state index in [0.29, 0.717) is 34.7 Å². The van der Waals surface area contributed by atoms with Crippen molar-refractivity contribution >= 4 is 29.3 Å². The molecule has 1 atom stereocenters. The Morgan fingerprint density at radius 3 is 2.48 bits per heavy atom. The fourth-order valence-electron chi connectivity index (χ4n) is 4.37. The zero-order chi connectivity index (χ0) is 24.2. The summed E-state index contributed by atoms with van der Waals surface area (Å²) in [6.07, 6.45) is 0.978. The third-order valence-electron chi connectivity index (χ3n) is 5.61. The predicted molar refractivity (Wildman–Crippen MR) is 123 cm³/mol. The summed E-state index contributed by atoms with van der Waals surface area (Å²) in [6.45, 7) is 7.59. The van der Waals surface area contributed by atoms with Gasteiger partial charge in [-0.3, -0.25) is 4.79 Å². The van der Waals surface area contributed by atoms with E-state index in [-0.39, 0.29) is 43.2 Å². The highest BCUT2D eigenvalue weighted by Gasteiger charge is 2.44. The molecular weight excluding hydrogens is 446 g/mol. The van der Waals surface area contributed by atoms with Crippen molar-refractivity contribution in [1.29, 1.82) is 0 Å². The largest absolute Gasteiger partial charge is 0.464 e. The Hall–Kier alpha value is -2.64. The lowest BCUT2D eigenvalue weighted by molar-refractivity contribution is -0.148. The summed E-state index contributed by atoms with van der Waals surface area (Å²) in [5, 5.41) is 3.72. The number of benzene rings is 1. The number of ketones is 1. The van der Waals surface area contributed by atoms with Crippen molar-refractivity contribution in [2.75, 3.05) is 26.4 Å². The van der Waals surface area contributed by atoms with Gasteiger partial charge < -0.3 is 19.5 Å². The van der Waals surface area contributed by atoms with Gasteiger partial charge >= 0.3 is 11.9 Å². The van der Waals surface area contributed by atoms with Crippen molar-refractivity contribution in [3.05, 3.63) is 57.4 Å². The summed E-state index contributed by atoms with van der Waals surface area (Å²) in [7, 11) is 0. The summed E-state index contributed by atoms with van der Waals surface area (Å²) < 4.78 is 15.9. The van der Waals surface area contributed by atoms with E-state index in [1.807, 2.05) is 26.0 Å². The Morgan fingerprint density at radius 1 is 1.12 bits per heavy atom. The molecule has 0 saturated carbocycles. The monoisotopic (exact) mass is 475 g/mol. The van der Waals surface area contributed by atoms with Crippen LogP contribution < -0.4 is 5.32 Å². The molecule has 2 aliphatic rings. The third-order valence-corrected chi connectivity index (χ3v) is 5.95. The van der Waals surface area contributed by atoms with E-state index >= 15 is 0 Å². The van der Waals surface area contributed by atoms with Crippen LogP contribution in [0.1, 0.15) is 52.0 Å². The average Bonchev–Trinajstić information content (AvgIpc) is 2.72. The first-order chi connectivity index (χ1) is 15.7. The SMILES string of the molecule is CCOC(=O)COCC1=C(C(=O)OCC)C(c2ccccc2Cl)C2=C(CC(C)(C)CC2=O)N1. The van der Waals surface area contributed by atoms with Gasteiger partial charge in [0.2, 0.25) is 0 Å². The van der Waals surface area contributed by atoms with E-state index in [4.69, 9.17) is 25.8 Å². The Bertz CT molecular complexity index is 1010. The van der Waals surface area contributed by atoms with Crippen LogP contribution in [0.15, 0.2) is 46.8 Å². The maximum Gasteiger partial charge on any atom is 0.336 e. The number of Topliss-reactive ketones (excluding diaryl/α,β-unsaturated/α-hetero) is 1. The Morgan fingerprint density at radius 2 is 1.82 bits per heavy atom. The third kappa shape index (κ3) is 5.65. The first-order valence-corrected chi connectivity index (χ1v) is 11.5. The van der Waals surface area contributed by atoms with Gasteiger partial charge in [-0.05, 0) is 37.3 Å². The Kier molecular flexibility index (Phi) is 7.97. The number of hydrogen-bond acceptors (Lipinski definition) is 7. The number of allylic oxidation sites excluding steroid dienone is 2. The fraction of sp³-hybridized carbons (Fsp3) is 0.480. The summed E-state index contributed by atoms with van der Waals surface area (Å²) in [4.78, 5) is 38.2. The molecule has 178 valence electrons. The lowest BCUT2D eigenvalue weighted by Crippen LogP contribution is -2.40. The normalized spacial score (nSPS) is 19.7. The van der Waals surface area contributed by atoms with Crippen molar-refractivity contribution < 1.29 is 28.6 Å². The molecule has 8 heteroatoms. The molecule has 1 aromatic rings. The molecule has 3 rings (SSSR count). The molecule has 1 aliphatic carbocycles. The Balaban J connectivity index is 2.11. The summed E-state index contributed by atoms with van der Waals surface area (Å²) in [6, 6.07) is 7.16. The van der Waals surface area contributed by atoms with Crippen LogP contribution in [0.3, 0.4) is 0 Å². The molecule has 1 aliphatic heterocycles. The van der Waals surface area contributed by atoms with Crippen molar-refractivity contribution in [1.82, 2.24) is 5.32 Å². The number of nitrogens with one attached hydrogen (secondary N) is 1. The van der Waals surface area contributed by atoms with Gasteiger partial charge in [0.1, 0.15) is 6.61 Å². The van der Waals surface area contributed by atoms with Gasteiger partial charge in [0, 0.05) is 28.6 Å². The molecule has 7 nitrogen and oxygen atoms in total. The molecule has 1 unspecified atom stereocenters. The molecule has 0 radical (unpaired) electrons. The number of dihydropyridines is 1. The van der Waals surface area contributed by atoms with Gasteiger partial charge in [0.05, 0.1) is 31.1 Å². The first-order valence-electron chi connectivity index (χ1n) is 11.1. The number of rotatable bonds is 8. The van der Waals surface area contributed by atoms with Crippen molar-refractivity contribution in [2.45, 2.75) is 46.5 Å². The summed E-state index contributed by atoms with van der Waals surface area (Å²) >= 11 is 6.55.